The Hall–Kier alpha value is -1.40. The summed E-state index contributed by atoms with van der Waals surface area (Å²) in [6.07, 6.45) is 1.97. The SMILES string of the molecule is O=S1(=NCc2noc(-c3ccccc3Cl)n2)CCCC1. The summed E-state index contributed by atoms with van der Waals surface area (Å²) in [6.45, 7) is 0.229. The number of benzene rings is 1. The summed E-state index contributed by atoms with van der Waals surface area (Å²) in [4.78, 5) is 4.25. The first-order chi connectivity index (χ1) is 9.66. The Morgan fingerprint density at radius 1 is 1.30 bits per heavy atom. The normalized spacial score (nSPS) is 17.2. The van der Waals surface area contributed by atoms with E-state index in [2.05, 4.69) is 14.5 Å². The standard InChI is InChI=1S/C13H14ClN3O2S/c14-11-6-2-1-5-10(11)13-16-12(17-19-13)9-15-20(18)7-3-4-8-20/h1-2,5-6H,3-4,7-9H2. The minimum atomic E-state index is -2.04. The van der Waals surface area contributed by atoms with E-state index >= 15 is 0 Å². The van der Waals surface area contributed by atoms with Crippen molar-refractivity contribution in [3.8, 4) is 11.5 Å². The predicted molar refractivity (Wildman–Crippen MR) is 78.0 cm³/mol. The maximum atomic E-state index is 12.2. The van der Waals surface area contributed by atoms with Crippen LogP contribution in [0.2, 0.25) is 5.02 Å². The number of rotatable bonds is 3. The van der Waals surface area contributed by atoms with E-state index in [0.717, 1.165) is 12.8 Å². The van der Waals surface area contributed by atoms with E-state index in [9.17, 15) is 4.21 Å². The summed E-state index contributed by atoms with van der Waals surface area (Å²) in [7, 11) is -2.04. The van der Waals surface area contributed by atoms with Gasteiger partial charge in [-0.05, 0) is 25.0 Å². The Bertz CT molecular complexity index is 723. The molecular formula is C13H14ClN3O2S. The van der Waals surface area contributed by atoms with Crippen LogP contribution in [0, 0.1) is 0 Å². The first kappa shape index (κ1) is 13.6. The Morgan fingerprint density at radius 3 is 2.80 bits per heavy atom. The van der Waals surface area contributed by atoms with E-state index in [4.69, 9.17) is 16.1 Å². The van der Waals surface area contributed by atoms with E-state index < -0.39 is 9.73 Å². The van der Waals surface area contributed by atoms with E-state index in [0.29, 0.717) is 33.8 Å². The molecule has 0 aliphatic carbocycles. The zero-order valence-corrected chi connectivity index (χ0v) is 12.4. The maximum absolute atomic E-state index is 12.2. The number of hydrogen-bond acceptors (Lipinski definition) is 5. The van der Waals surface area contributed by atoms with Crippen molar-refractivity contribution in [1.82, 2.24) is 10.1 Å². The molecule has 7 heteroatoms. The van der Waals surface area contributed by atoms with Crippen molar-refractivity contribution in [2.45, 2.75) is 19.4 Å². The van der Waals surface area contributed by atoms with Gasteiger partial charge in [0.25, 0.3) is 5.89 Å². The van der Waals surface area contributed by atoms with Crippen molar-refractivity contribution >= 4 is 21.3 Å². The molecule has 2 aromatic rings. The van der Waals surface area contributed by atoms with Crippen molar-refractivity contribution in [3.63, 3.8) is 0 Å². The lowest BCUT2D eigenvalue weighted by atomic mass is 10.2. The molecule has 0 saturated carbocycles. The van der Waals surface area contributed by atoms with Gasteiger partial charge in [-0.25, -0.2) is 8.57 Å². The average molecular weight is 312 g/mol. The lowest BCUT2D eigenvalue weighted by Crippen LogP contribution is -2.01. The third-order valence-electron chi connectivity index (χ3n) is 3.19. The van der Waals surface area contributed by atoms with Gasteiger partial charge < -0.3 is 4.52 Å². The zero-order chi connectivity index (χ0) is 14.0. The Kier molecular flexibility index (Phi) is 3.76. The van der Waals surface area contributed by atoms with Gasteiger partial charge in [0.15, 0.2) is 5.82 Å². The largest absolute Gasteiger partial charge is 0.334 e. The van der Waals surface area contributed by atoms with Gasteiger partial charge in [-0.3, -0.25) is 0 Å². The summed E-state index contributed by atoms with van der Waals surface area (Å²) in [5.41, 5.74) is 0.693. The number of halogens is 1. The average Bonchev–Trinajstić information content (AvgIpc) is 3.07. The van der Waals surface area contributed by atoms with Gasteiger partial charge in [-0.15, -0.1) is 0 Å². The Morgan fingerprint density at radius 2 is 2.05 bits per heavy atom. The second kappa shape index (κ2) is 5.54. The highest BCUT2D eigenvalue weighted by molar-refractivity contribution is 7.93. The predicted octanol–water partition coefficient (Wildman–Crippen LogP) is 3.15. The highest BCUT2D eigenvalue weighted by Gasteiger charge is 2.17. The minimum Gasteiger partial charge on any atom is -0.334 e. The molecule has 0 amide bonds. The van der Waals surface area contributed by atoms with Crippen LogP contribution in [0.1, 0.15) is 18.7 Å². The number of aromatic nitrogens is 2. The van der Waals surface area contributed by atoms with Gasteiger partial charge in [0.2, 0.25) is 0 Å². The first-order valence-electron chi connectivity index (χ1n) is 6.42. The fraction of sp³-hybridized carbons (Fsp3) is 0.385. The summed E-state index contributed by atoms with van der Waals surface area (Å²) >= 11 is 6.07. The van der Waals surface area contributed by atoms with Gasteiger partial charge in [-0.2, -0.15) is 4.98 Å². The molecule has 1 fully saturated rings. The van der Waals surface area contributed by atoms with Crippen LogP contribution >= 0.6 is 11.6 Å². The molecule has 3 rings (SSSR count). The fourth-order valence-electron chi connectivity index (χ4n) is 2.12. The van der Waals surface area contributed by atoms with Crippen LogP contribution in [0.5, 0.6) is 0 Å². The molecule has 0 unspecified atom stereocenters. The Labute approximate surface area is 122 Å². The van der Waals surface area contributed by atoms with Crippen LogP contribution in [-0.4, -0.2) is 25.9 Å². The van der Waals surface area contributed by atoms with Crippen LogP contribution in [-0.2, 0) is 16.3 Å². The van der Waals surface area contributed by atoms with Crippen molar-refractivity contribution in [1.29, 1.82) is 0 Å². The summed E-state index contributed by atoms with van der Waals surface area (Å²) in [6, 6.07) is 7.27. The van der Waals surface area contributed by atoms with E-state index in [1.54, 1.807) is 6.07 Å². The third-order valence-corrected chi connectivity index (χ3v) is 5.97. The van der Waals surface area contributed by atoms with Crippen LogP contribution in [0.15, 0.2) is 33.2 Å². The Balaban J connectivity index is 1.81. The number of nitrogens with zero attached hydrogens (tertiary/aromatic N) is 3. The van der Waals surface area contributed by atoms with Crippen LogP contribution < -0.4 is 0 Å². The van der Waals surface area contributed by atoms with Gasteiger partial charge in [0, 0.05) is 21.2 Å². The minimum absolute atomic E-state index is 0.229. The highest BCUT2D eigenvalue weighted by Crippen LogP contribution is 2.26. The molecule has 0 bridgehead atoms. The van der Waals surface area contributed by atoms with Gasteiger partial charge >= 0.3 is 0 Å². The molecule has 1 aliphatic rings. The first-order valence-corrected chi connectivity index (χ1v) is 8.65. The quantitative estimate of drug-likeness (QED) is 0.873. The molecule has 0 radical (unpaired) electrons. The van der Waals surface area contributed by atoms with Crippen molar-refractivity contribution < 1.29 is 8.73 Å². The second-order valence-electron chi connectivity index (χ2n) is 4.67. The smallest absolute Gasteiger partial charge is 0.259 e. The molecule has 2 heterocycles. The van der Waals surface area contributed by atoms with Crippen molar-refractivity contribution in [3.05, 3.63) is 35.1 Å². The molecule has 1 aromatic carbocycles. The van der Waals surface area contributed by atoms with E-state index in [1.807, 2.05) is 18.2 Å². The van der Waals surface area contributed by atoms with Gasteiger partial charge in [-0.1, -0.05) is 28.9 Å². The highest BCUT2D eigenvalue weighted by atomic mass is 35.5. The van der Waals surface area contributed by atoms with E-state index in [1.165, 1.54) is 0 Å². The van der Waals surface area contributed by atoms with Crippen molar-refractivity contribution in [2.75, 3.05) is 11.5 Å². The van der Waals surface area contributed by atoms with Gasteiger partial charge in [0.05, 0.1) is 10.6 Å². The molecule has 0 N–H and O–H groups in total. The summed E-state index contributed by atoms with van der Waals surface area (Å²) < 4.78 is 21.7. The van der Waals surface area contributed by atoms with Gasteiger partial charge in [0.1, 0.15) is 6.54 Å². The maximum Gasteiger partial charge on any atom is 0.259 e. The molecule has 1 aliphatic heterocycles. The topological polar surface area (TPSA) is 68.3 Å². The van der Waals surface area contributed by atoms with Crippen molar-refractivity contribution in [2.24, 2.45) is 4.36 Å². The zero-order valence-electron chi connectivity index (χ0n) is 10.8. The third kappa shape index (κ3) is 2.86. The van der Waals surface area contributed by atoms with Crippen LogP contribution in [0.3, 0.4) is 0 Å². The number of hydrogen-bond donors (Lipinski definition) is 0. The summed E-state index contributed by atoms with van der Waals surface area (Å²) in [5, 5.41) is 4.42. The monoisotopic (exact) mass is 311 g/mol. The fourth-order valence-corrected chi connectivity index (χ4v) is 4.46. The van der Waals surface area contributed by atoms with Crippen LogP contribution in [0.4, 0.5) is 0 Å². The lowest BCUT2D eigenvalue weighted by Gasteiger charge is -1.97. The lowest BCUT2D eigenvalue weighted by molar-refractivity contribution is 0.423. The molecule has 0 atom stereocenters. The molecule has 1 aromatic heterocycles. The summed E-state index contributed by atoms with van der Waals surface area (Å²) in [5.74, 6) is 2.17. The molecule has 20 heavy (non-hydrogen) atoms. The molecular weight excluding hydrogens is 298 g/mol. The molecule has 0 spiro atoms. The second-order valence-corrected chi connectivity index (χ2v) is 7.70. The molecule has 1 saturated heterocycles. The van der Waals surface area contributed by atoms with Crippen LogP contribution in [0.25, 0.3) is 11.5 Å². The van der Waals surface area contributed by atoms with E-state index in [-0.39, 0.29) is 6.54 Å². The molecule has 106 valence electrons. The molecule has 5 nitrogen and oxygen atoms in total.